The number of hydrogen-bond acceptors (Lipinski definition) is 5. The van der Waals surface area contributed by atoms with Crippen LogP contribution in [0.2, 0.25) is 0 Å². The second kappa shape index (κ2) is 7.97. The molecule has 116 valence electrons. The van der Waals surface area contributed by atoms with Crippen LogP contribution < -0.4 is 5.32 Å². The van der Waals surface area contributed by atoms with E-state index in [0.717, 1.165) is 17.8 Å². The van der Waals surface area contributed by atoms with Crippen molar-refractivity contribution in [3.05, 3.63) is 16.6 Å². The van der Waals surface area contributed by atoms with Crippen LogP contribution in [0.1, 0.15) is 31.2 Å². The number of thiazole rings is 1. The molecule has 1 N–H and O–H groups in total. The predicted molar refractivity (Wildman–Crippen MR) is 80.2 cm³/mol. The molecule has 2 heterocycles. The van der Waals surface area contributed by atoms with E-state index in [4.69, 9.17) is 4.74 Å². The Labute approximate surface area is 128 Å². The van der Waals surface area contributed by atoms with Gasteiger partial charge < -0.3 is 15.0 Å². The highest BCUT2D eigenvalue weighted by atomic mass is 32.1. The smallest absolute Gasteiger partial charge is 0.409 e. The lowest BCUT2D eigenvalue weighted by molar-refractivity contribution is -0.122. The van der Waals surface area contributed by atoms with Crippen molar-refractivity contribution in [2.75, 3.05) is 19.7 Å². The molecular formula is C14H21N3O3S. The minimum absolute atomic E-state index is 0.0554. The molecule has 0 aliphatic carbocycles. The molecule has 1 aromatic heterocycles. The number of rotatable bonds is 5. The maximum absolute atomic E-state index is 11.9. The second-order valence-electron chi connectivity index (χ2n) is 4.95. The zero-order chi connectivity index (χ0) is 15.1. The summed E-state index contributed by atoms with van der Waals surface area (Å²) in [5, 5.41) is 5.94. The third-order valence-electron chi connectivity index (χ3n) is 3.44. The van der Waals surface area contributed by atoms with Crippen LogP contribution in [0.3, 0.4) is 0 Å². The van der Waals surface area contributed by atoms with Crippen molar-refractivity contribution in [3.8, 4) is 0 Å². The number of carbonyl (C=O) groups is 2. The van der Waals surface area contributed by atoms with E-state index in [-0.39, 0.29) is 18.0 Å². The minimum Gasteiger partial charge on any atom is -0.450 e. The number of piperidine rings is 1. The Kier molecular flexibility index (Phi) is 5.98. The molecule has 2 amide bonds. The zero-order valence-corrected chi connectivity index (χ0v) is 13.0. The van der Waals surface area contributed by atoms with E-state index in [1.165, 1.54) is 0 Å². The number of ether oxygens (including phenoxy) is 1. The maximum Gasteiger partial charge on any atom is 0.409 e. The van der Waals surface area contributed by atoms with Gasteiger partial charge in [-0.2, -0.15) is 0 Å². The van der Waals surface area contributed by atoms with Gasteiger partial charge in [0.15, 0.2) is 0 Å². The summed E-state index contributed by atoms with van der Waals surface area (Å²) in [6, 6.07) is 0.152. The van der Waals surface area contributed by atoms with Gasteiger partial charge in [-0.05, 0) is 19.8 Å². The number of hydrogen-bond donors (Lipinski definition) is 1. The molecule has 0 spiro atoms. The molecule has 1 saturated heterocycles. The van der Waals surface area contributed by atoms with E-state index in [1.807, 2.05) is 5.38 Å². The van der Waals surface area contributed by atoms with Crippen LogP contribution >= 0.6 is 11.3 Å². The highest BCUT2D eigenvalue weighted by molar-refractivity contribution is 7.09. The first kappa shape index (κ1) is 15.8. The molecule has 1 fully saturated rings. The van der Waals surface area contributed by atoms with Crippen molar-refractivity contribution in [2.24, 2.45) is 0 Å². The molecule has 0 radical (unpaired) electrons. The van der Waals surface area contributed by atoms with E-state index in [2.05, 4.69) is 10.3 Å². The molecule has 2 rings (SSSR count). The molecular weight excluding hydrogens is 290 g/mol. The lowest BCUT2D eigenvalue weighted by Gasteiger charge is -2.31. The summed E-state index contributed by atoms with van der Waals surface area (Å²) in [6.45, 7) is 3.46. The van der Waals surface area contributed by atoms with Crippen LogP contribution in [0.15, 0.2) is 11.6 Å². The molecule has 21 heavy (non-hydrogen) atoms. The van der Waals surface area contributed by atoms with Crippen LogP contribution in [0.25, 0.3) is 0 Å². The Morgan fingerprint density at radius 1 is 1.48 bits per heavy atom. The van der Waals surface area contributed by atoms with E-state index >= 15 is 0 Å². The molecule has 1 aromatic rings. The zero-order valence-electron chi connectivity index (χ0n) is 12.2. The average molecular weight is 311 g/mol. The summed E-state index contributed by atoms with van der Waals surface area (Å²) >= 11 is 1.57. The maximum atomic E-state index is 11.9. The number of aryl methyl sites for hydroxylation is 1. The molecule has 7 heteroatoms. The van der Waals surface area contributed by atoms with Gasteiger partial charge in [-0.25, -0.2) is 9.78 Å². The summed E-state index contributed by atoms with van der Waals surface area (Å²) in [6.07, 6.45) is 4.20. The highest BCUT2D eigenvalue weighted by Crippen LogP contribution is 2.12. The van der Waals surface area contributed by atoms with Crippen molar-refractivity contribution >= 4 is 23.3 Å². The predicted octanol–water partition coefficient (Wildman–Crippen LogP) is 1.81. The number of aromatic nitrogens is 1. The fourth-order valence-electron chi connectivity index (χ4n) is 2.32. The monoisotopic (exact) mass is 311 g/mol. The summed E-state index contributed by atoms with van der Waals surface area (Å²) in [4.78, 5) is 29.3. The Morgan fingerprint density at radius 3 is 2.86 bits per heavy atom. The lowest BCUT2D eigenvalue weighted by atomic mass is 10.1. The van der Waals surface area contributed by atoms with Crippen molar-refractivity contribution in [1.82, 2.24) is 15.2 Å². The lowest BCUT2D eigenvalue weighted by Crippen LogP contribution is -2.46. The van der Waals surface area contributed by atoms with Crippen LogP contribution in [-0.4, -0.2) is 47.6 Å². The number of likely N-dealkylation sites (tertiary alicyclic amines) is 1. The van der Waals surface area contributed by atoms with Crippen molar-refractivity contribution < 1.29 is 14.3 Å². The Bertz CT molecular complexity index is 456. The number of nitrogens with zero attached hydrogens (tertiary/aromatic N) is 2. The first-order valence-corrected chi connectivity index (χ1v) is 8.16. The Hall–Kier alpha value is -1.63. The molecule has 0 unspecified atom stereocenters. The summed E-state index contributed by atoms with van der Waals surface area (Å²) in [7, 11) is 0. The van der Waals surface area contributed by atoms with Gasteiger partial charge in [0.25, 0.3) is 0 Å². The average Bonchev–Trinajstić information content (AvgIpc) is 2.99. The van der Waals surface area contributed by atoms with Gasteiger partial charge in [0.2, 0.25) is 5.91 Å². The van der Waals surface area contributed by atoms with Crippen molar-refractivity contribution in [3.63, 3.8) is 0 Å². The number of nitrogens with one attached hydrogen (secondary N) is 1. The van der Waals surface area contributed by atoms with Gasteiger partial charge in [0.1, 0.15) is 0 Å². The van der Waals surface area contributed by atoms with Crippen LogP contribution in [0.4, 0.5) is 4.79 Å². The van der Waals surface area contributed by atoms with E-state index < -0.39 is 0 Å². The third kappa shape index (κ3) is 5.00. The molecule has 1 aliphatic heterocycles. The fourth-order valence-corrected chi connectivity index (χ4v) is 2.94. The van der Waals surface area contributed by atoms with Crippen molar-refractivity contribution in [1.29, 1.82) is 0 Å². The Balaban J connectivity index is 1.66. The molecule has 0 bridgehead atoms. The molecule has 0 atom stereocenters. The topological polar surface area (TPSA) is 71.5 Å². The van der Waals surface area contributed by atoms with Crippen LogP contribution in [0.5, 0.6) is 0 Å². The number of amides is 2. The van der Waals surface area contributed by atoms with Crippen LogP contribution in [-0.2, 0) is 16.0 Å². The molecule has 0 aromatic carbocycles. The SMILES string of the molecule is CCOC(=O)N1CCC(NC(=O)CCc2nccs2)CC1. The van der Waals surface area contributed by atoms with Crippen molar-refractivity contribution in [2.45, 2.75) is 38.6 Å². The van der Waals surface area contributed by atoms with Gasteiger partial charge >= 0.3 is 6.09 Å². The summed E-state index contributed by atoms with van der Waals surface area (Å²) in [5.41, 5.74) is 0. The first-order valence-electron chi connectivity index (χ1n) is 7.28. The van der Waals surface area contributed by atoms with Gasteiger partial charge in [-0.1, -0.05) is 0 Å². The molecule has 6 nitrogen and oxygen atoms in total. The Morgan fingerprint density at radius 2 is 2.24 bits per heavy atom. The van der Waals surface area contributed by atoms with Gasteiger partial charge in [0.05, 0.1) is 11.6 Å². The van der Waals surface area contributed by atoms with E-state index in [1.54, 1.807) is 29.4 Å². The fraction of sp³-hybridized carbons (Fsp3) is 0.643. The highest BCUT2D eigenvalue weighted by Gasteiger charge is 2.24. The largest absolute Gasteiger partial charge is 0.450 e. The third-order valence-corrected chi connectivity index (χ3v) is 4.27. The summed E-state index contributed by atoms with van der Waals surface area (Å²) in [5.74, 6) is 0.0554. The standard InChI is InChI=1S/C14H21N3O3S/c1-2-20-14(19)17-8-5-11(6-9-17)16-12(18)3-4-13-15-7-10-21-13/h7,10-11H,2-6,8-9H2,1H3,(H,16,18). The quantitative estimate of drug-likeness (QED) is 0.900. The molecule has 0 saturated carbocycles. The minimum atomic E-state index is -0.258. The van der Waals surface area contributed by atoms with Crippen LogP contribution in [0, 0.1) is 0 Å². The second-order valence-corrected chi connectivity index (χ2v) is 5.93. The molecule has 1 aliphatic rings. The van der Waals surface area contributed by atoms with Gasteiger partial charge in [0, 0.05) is 43.5 Å². The van der Waals surface area contributed by atoms with E-state index in [9.17, 15) is 9.59 Å². The first-order chi connectivity index (χ1) is 10.2. The summed E-state index contributed by atoms with van der Waals surface area (Å²) < 4.78 is 4.97. The van der Waals surface area contributed by atoms with Gasteiger partial charge in [-0.3, -0.25) is 4.79 Å². The van der Waals surface area contributed by atoms with E-state index in [0.29, 0.717) is 32.5 Å². The van der Waals surface area contributed by atoms with Gasteiger partial charge in [-0.15, -0.1) is 11.3 Å². The normalized spacial score (nSPS) is 15.8. The number of carbonyl (C=O) groups excluding carboxylic acids is 2.